The van der Waals surface area contributed by atoms with Gasteiger partial charge in [-0.2, -0.15) is 8.42 Å². The Morgan fingerprint density at radius 2 is 1.70 bits per heavy atom. The largest absolute Gasteiger partial charge is 0.478 e. The molecule has 0 spiro atoms. The van der Waals surface area contributed by atoms with Crippen LogP contribution in [-0.2, 0) is 14.9 Å². The summed E-state index contributed by atoms with van der Waals surface area (Å²) in [6.07, 6.45) is 0. The van der Waals surface area contributed by atoms with Crippen LogP contribution in [-0.4, -0.2) is 86.0 Å². The minimum Gasteiger partial charge on any atom is -0.478 e. The molecule has 1 atom stereocenters. The molecular formula is C2H4KO6S. The van der Waals surface area contributed by atoms with E-state index >= 15 is 0 Å². The van der Waals surface area contributed by atoms with E-state index in [0.717, 1.165) is 0 Å². The van der Waals surface area contributed by atoms with Crippen molar-refractivity contribution >= 4 is 67.5 Å². The average molecular weight is 195 g/mol. The van der Waals surface area contributed by atoms with Crippen LogP contribution in [0.25, 0.3) is 0 Å². The summed E-state index contributed by atoms with van der Waals surface area (Å²) in [5.41, 5.74) is -2.74. The summed E-state index contributed by atoms with van der Waals surface area (Å²) in [4.78, 5) is 9.56. The van der Waals surface area contributed by atoms with Gasteiger partial charge in [-0.15, -0.1) is 0 Å². The summed E-state index contributed by atoms with van der Waals surface area (Å²) in [5.74, 6) is -2.00. The van der Waals surface area contributed by atoms with Crippen molar-refractivity contribution in [1.29, 1.82) is 0 Å². The molecule has 1 unspecified atom stereocenters. The van der Waals surface area contributed by atoms with Gasteiger partial charge in [0.1, 0.15) is 0 Å². The molecule has 1 radical (unpaired) electrons. The Kier molecular flexibility index (Phi) is 6.47. The van der Waals surface area contributed by atoms with Crippen molar-refractivity contribution in [2.24, 2.45) is 0 Å². The number of hydrogen-bond acceptors (Lipinski definition) is 4. The number of aliphatic carboxylic acids is 1. The second-order valence-electron chi connectivity index (χ2n) is 1.21. The van der Waals surface area contributed by atoms with E-state index in [-0.39, 0.29) is 51.4 Å². The van der Waals surface area contributed by atoms with Gasteiger partial charge in [0, 0.05) is 51.4 Å². The molecule has 6 nitrogen and oxygen atoms in total. The SMILES string of the molecule is O=C(O)C(O)S(=O)(=O)O.[K]. The summed E-state index contributed by atoms with van der Waals surface area (Å²) in [7, 11) is -4.85. The molecular weight excluding hydrogens is 191 g/mol. The van der Waals surface area contributed by atoms with Gasteiger partial charge in [0.05, 0.1) is 0 Å². The molecule has 8 heteroatoms. The van der Waals surface area contributed by atoms with E-state index in [9.17, 15) is 13.2 Å². The summed E-state index contributed by atoms with van der Waals surface area (Å²) in [6.45, 7) is 0. The molecule has 0 heterocycles. The second-order valence-corrected chi connectivity index (χ2v) is 2.68. The number of carboxylic acid groups (broad SMARTS) is 1. The van der Waals surface area contributed by atoms with Gasteiger partial charge in [-0.25, -0.2) is 4.79 Å². The molecule has 3 N–H and O–H groups in total. The van der Waals surface area contributed by atoms with E-state index in [4.69, 9.17) is 14.8 Å². The monoisotopic (exact) mass is 195 g/mol. The van der Waals surface area contributed by atoms with Gasteiger partial charge in [0.2, 0.25) is 0 Å². The van der Waals surface area contributed by atoms with Crippen LogP contribution < -0.4 is 0 Å². The normalized spacial score (nSPS) is 13.4. The van der Waals surface area contributed by atoms with Crippen LogP contribution in [0.15, 0.2) is 0 Å². The minimum atomic E-state index is -4.85. The van der Waals surface area contributed by atoms with Gasteiger partial charge in [-0.1, -0.05) is 0 Å². The van der Waals surface area contributed by atoms with Crippen molar-refractivity contribution in [3.8, 4) is 0 Å². The average Bonchev–Trinajstić information content (AvgIpc) is 1.62. The summed E-state index contributed by atoms with van der Waals surface area (Å²) >= 11 is 0. The van der Waals surface area contributed by atoms with Crippen LogP contribution in [0.5, 0.6) is 0 Å². The number of hydrogen-bond donors (Lipinski definition) is 3. The fourth-order valence-corrected chi connectivity index (χ4v) is 0.382. The Balaban J connectivity index is 0. The van der Waals surface area contributed by atoms with Crippen molar-refractivity contribution in [2.75, 3.05) is 0 Å². The van der Waals surface area contributed by atoms with Gasteiger partial charge in [0.25, 0.3) is 5.44 Å². The Bertz CT molecular complexity index is 206. The number of aliphatic hydroxyl groups is 1. The molecule has 0 rings (SSSR count). The van der Waals surface area contributed by atoms with Gasteiger partial charge in [0.15, 0.2) is 0 Å². The molecule has 0 aromatic carbocycles. The maximum atomic E-state index is 9.70. The Labute approximate surface area is 99.4 Å². The van der Waals surface area contributed by atoms with Gasteiger partial charge >= 0.3 is 16.1 Å². The summed E-state index contributed by atoms with van der Waals surface area (Å²) in [6, 6.07) is 0. The first-order chi connectivity index (χ1) is 3.85. The standard InChI is InChI=1S/C2H4O6S.K/c3-1(4)2(5)9(6,7)8;/h2,5H,(H,3,4)(H,6,7,8);. The zero-order valence-corrected chi connectivity index (χ0v) is 8.99. The van der Waals surface area contributed by atoms with Gasteiger partial charge in [-0.05, 0) is 0 Å². The summed E-state index contributed by atoms with van der Waals surface area (Å²) in [5, 5.41) is 15.8. The Morgan fingerprint density at radius 3 is 1.70 bits per heavy atom. The number of carboxylic acids is 1. The number of rotatable bonds is 2. The minimum absolute atomic E-state index is 0. The quantitative estimate of drug-likeness (QED) is 0.343. The third-order valence-corrected chi connectivity index (χ3v) is 1.26. The van der Waals surface area contributed by atoms with Gasteiger partial charge < -0.3 is 10.2 Å². The molecule has 0 amide bonds. The predicted octanol–water partition coefficient (Wildman–Crippen LogP) is -2.10. The van der Waals surface area contributed by atoms with E-state index in [1.54, 1.807) is 0 Å². The number of aliphatic hydroxyl groups excluding tert-OH is 1. The van der Waals surface area contributed by atoms with Crippen molar-refractivity contribution in [3.05, 3.63) is 0 Å². The molecule has 0 bridgehead atoms. The van der Waals surface area contributed by atoms with Crippen LogP contribution in [0.1, 0.15) is 0 Å². The number of carbonyl (C=O) groups is 1. The van der Waals surface area contributed by atoms with Crippen molar-refractivity contribution in [1.82, 2.24) is 0 Å². The predicted molar refractivity (Wildman–Crippen MR) is 30.9 cm³/mol. The first-order valence-electron chi connectivity index (χ1n) is 1.73. The van der Waals surface area contributed by atoms with Crippen LogP contribution >= 0.6 is 0 Å². The third-order valence-electron chi connectivity index (χ3n) is 0.493. The fraction of sp³-hybridized carbons (Fsp3) is 0.500. The van der Waals surface area contributed by atoms with Crippen LogP contribution in [0.2, 0.25) is 0 Å². The molecule has 0 aromatic heterocycles. The van der Waals surface area contributed by atoms with E-state index < -0.39 is 21.5 Å². The van der Waals surface area contributed by atoms with Crippen LogP contribution in [0.3, 0.4) is 0 Å². The molecule has 0 aromatic rings. The molecule has 0 fully saturated rings. The van der Waals surface area contributed by atoms with E-state index in [2.05, 4.69) is 0 Å². The second kappa shape index (κ2) is 4.77. The first-order valence-corrected chi connectivity index (χ1v) is 3.23. The van der Waals surface area contributed by atoms with Crippen molar-refractivity contribution in [3.63, 3.8) is 0 Å². The van der Waals surface area contributed by atoms with E-state index in [1.165, 1.54) is 0 Å². The van der Waals surface area contributed by atoms with Crippen LogP contribution in [0, 0.1) is 0 Å². The third kappa shape index (κ3) is 4.74. The molecule has 10 heavy (non-hydrogen) atoms. The maximum absolute atomic E-state index is 9.70. The topological polar surface area (TPSA) is 112 Å². The molecule has 0 saturated heterocycles. The fourth-order valence-electron chi connectivity index (χ4n) is 0.127. The molecule has 55 valence electrons. The Morgan fingerprint density at radius 1 is 1.40 bits per heavy atom. The summed E-state index contributed by atoms with van der Waals surface area (Å²) < 4.78 is 27.2. The molecule has 0 aliphatic rings. The maximum Gasteiger partial charge on any atom is 0.351 e. The van der Waals surface area contributed by atoms with Crippen LogP contribution in [0.4, 0.5) is 0 Å². The molecule has 0 aliphatic carbocycles. The first kappa shape index (κ1) is 13.6. The van der Waals surface area contributed by atoms with Gasteiger partial charge in [-0.3, -0.25) is 4.55 Å². The smallest absolute Gasteiger partial charge is 0.351 e. The zero-order chi connectivity index (χ0) is 7.65. The van der Waals surface area contributed by atoms with E-state index in [1.807, 2.05) is 0 Å². The molecule has 0 saturated carbocycles. The molecule has 0 aliphatic heterocycles. The van der Waals surface area contributed by atoms with Crippen molar-refractivity contribution in [2.45, 2.75) is 5.44 Å². The van der Waals surface area contributed by atoms with Crippen molar-refractivity contribution < 1.29 is 28.0 Å². The Hall–Kier alpha value is 0.976. The zero-order valence-electron chi connectivity index (χ0n) is 5.05. The van der Waals surface area contributed by atoms with E-state index in [0.29, 0.717) is 0 Å².